The van der Waals surface area contributed by atoms with Gasteiger partial charge in [-0.15, -0.1) is 0 Å². The van der Waals surface area contributed by atoms with E-state index in [2.05, 4.69) is 19.2 Å². The summed E-state index contributed by atoms with van der Waals surface area (Å²) in [6, 6.07) is 3.50. The first-order chi connectivity index (χ1) is 8.10. The van der Waals surface area contributed by atoms with Crippen LogP contribution in [0.2, 0.25) is 15.1 Å². The van der Waals surface area contributed by atoms with Crippen molar-refractivity contribution in [3.8, 4) is 0 Å². The molecule has 1 N–H and O–H groups in total. The van der Waals surface area contributed by atoms with E-state index in [1.165, 1.54) is 12.8 Å². The molecule has 0 fully saturated rings. The van der Waals surface area contributed by atoms with Crippen LogP contribution >= 0.6 is 34.8 Å². The van der Waals surface area contributed by atoms with Crippen LogP contribution in [0.4, 0.5) is 0 Å². The Hall–Kier alpha value is 0.0500. The molecule has 0 saturated carbocycles. The van der Waals surface area contributed by atoms with Gasteiger partial charge in [0.2, 0.25) is 0 Å². The average molecular weight is 295 g/mol. The van der Waals surface area contributed by atoms with Crippen LogP contribution in [0.25, 0.3) is 0 Å². The summed E-state index contributed by atoms with van der Waals surface area (Å²) in [5.41, 5.74) is 0.881. The van der Waals surface area contributed by atoms with E-state index in [-0.39, 0.29) is 0 Å². The van der Waals surface area contributed by atoms with Gasteiger partial charge in [0.25, 0.3) is 0 Å². The molecule has 0 aromatic heterocycles. The van der Waals surface area contributed by atoms with Crippen LogP contribution in [0.3, 0.4) is 0 Å². The summed E-state index contributed by atoms with van der Waals surface area (Å²) >= 11 is 18.2. The Morgan fingerprint density at radius 2 is 1.65 bits per heavy atom. The predicted octanol–water partition coefficient (Wildman–Crippen LogP) is 5.17. The van der Waals surface area contributed by atoms with Gasteiger partial charge in [0, 0.05) is 17.1 Å². The maximum Gasteiger partial charge on any atom is 0.0652 e. The molecule has 1 aromatic carbocycles. The van der Waals surface area contributed by atoms with E-state index >= 15 is 0 Å². The van der Waals surface area contributed by atoms with Gasteiger partial charge >= 0.3 is 0 Å². The molecule has 1 aromatic rings. The van der Waals surface area contributed by atoms with Crippen molar-refractivity contribution >= 4 is 34.8 Å². The fourth-order valence-corrected chi connectivity index (χ4v) is 2.39. The second-order valence-electron chi connectivity index (χ2n) is 4.14. The van der Waals surface area contributed by atoms with Gasteiger partial charge < -0.3 is 5.32 Å². The Kier molecular flexibility index (Phi) is 6.65. The van der Waals surface area contributed by atoms with Crippen LogP contribution in [0, 0.1) is 5.92 Å². The molecule has 0 radical (unpaired) electrons. The number of hydrogen-bond donors (Lipinski definition) is 1. The molecule has 0 unspecified atom stereocenters. The molecule has 0 aliphatic rings. The molecule has 4 heteroatoms. The fraction of sp³-hybridized carbons (Fsp3) is 0.538. The third-order valence-electron chi connectivity index (χ3n) is 3.03. The van der Waals surface area contributed by atoms with E-state index in [0.29, 0.717) is 27.5 Å². The molecule has 0 saturated heterocycles. The summed E-state index contributed by atoms with van der Waals surface area (Å²) in [6.07, 6.45) is 2.36. The first kappa shape index (κ1) is 15.1. The van der Waals surface area contributed by atoms with Crippen LogP contribution < -0.4 is 5.32 Å². The number of halogens is 3. The third-order valence-corrected chi connectivity index (χ3v) is 4.23. The normalized spacial score (nSPS) is 11.2. The minimum absolute atomic E-state index is 0.551. The summed E-state index contributed by atoms with van der Waals surface area (Å²) in [5, 5.41) is 5.15. The van der Waals surface area contributed by atoms with Crippen LogP contribution in [0.5, 0.6) is 0 Å². The van der Waals surface area contributed by atoms with Gasteiger partial charge in [0.15, 0.2) is 0 Å². The lowest BCUT2D eigenvalue weighted by molar-refractivity contribution is 0.449. The van der Waals surface area contributed by atoms with Crippen molar-refractivity contribution in [2.75, 3.05) is 6.54 Å². The van der Waals surface area contributed by atoms with Crippen molar-refractivity contribution in [2.24, 2.45) is 5.92 Å². The maximum atomic E-state index is 6.13. The fourth-order valence-electron chi connectivity index (χ4n) is 1.71. The minimum atomic E-state index is 0.551. The Labute approximate surface area is 118 Å². The topological polar surface area (TPSA) is 12.0 Å². The van der Waals surface area contributed by atoms with Crippen LogP contribution in [-0.4, -0.2) is 6.54 Å². The lowest BCUT2D eigenvalue weighted by Crippen LogP contribution is -2.22. The molecule has 1 nitrogen and oxygen atoms in total. The Morgan fingerprint density at radius 1 is 1.06 bits per heavy atom. The second-order valence-corrected chi connectivity index (χ2v) is 5.33. The zero-order valence-corrected chi connectivity index (χ0v) is 12.5. The SMILES string of the molecule is CCC(CC)CNCc1c(Cl)ccc(Cl)c1Cl. The number of benzene rings is 1. The summed E-state index contributed by atoms with van der Waals surface area (Å²) in [7, 11) is 0. The van der Waals surface area contributed by atoms with E-state index in [1.54, 1.807) is 12.1 Å². The second kappa shape index (κ2) is 7.48. The highest BCUT2D eigenvalue weighted by molar-refractivity contribution is 6.44. The van der Waals surface area contributed by atoms with Crippen molar-refractivity contribution < 1.29 is 0 Å². The number of hydrogen-bond acceptors (Lipinski definition) is 1. The molecular formula is C13H18Cl3N. The van der Waals surface area contributed by atoms with Crippen molar-refractivity contribution in [3.63, 3.8) is 0 Å². The lowest BCUT2D eigenvalue weighted by Gasteiger charge is -2.14. The zero-order chi connectivity index (χ0) is 12.8. The van der Waals surface area contributed by atoms with E-state index in [1.807, 2.05) is 0 Å². The van der Waals surface area contributed by atoms with E-state index in [9.17, 15) is 0 Å². The molecule has 0 bridgehead atoms. The number of rotatable bonds is 6. The van der Waals surface area contributed by atoms with E-state index in [4.69, 9.17) is 34.8 Å². The molecule has 0 aliphatic carbocycles. The average Bonchev–Trinajstić information content (AvgIpc) is 2.33. The van der Waals surface area contributed by atoms with Gasteiger partial charge in [-0.25, -0.2) is 0 Å². The van der Waals surface area contributed by atoms with Crippen molar-refractivity contribution in [2.45, 2.75) is 33.2 Å². The van der Waals surface area contributed by atoms with Gasteiger partial charge in [0.05, 0.1) is 10.0 Å². The molecule has 0 amide bonds. The Morgan fingerprint density at radius 3 is 2.24 bits per heavy atom. The minimum Gasteiger partial charge on any atom is -0.312 e. The molecule has 17 heavy (non-hydrogen) atoms. The lowest BCUT2D eigenvalue weighted by atomic mass is 10.0. The van der Waals surface area contributed by atoms with Crippen molar-refractivity contribution in [1.29, 1.82) is 0 Å². The van der Waals surface area contributed by atoms with Gasteiger partial charge in [-0.2, -0.15) is 0 Å². The molecule has 96 valence electrons. The predicted molar refractivity (Wildman–Crippen MR) is 77.3 cm³/mol. The first-order valence-corrected chi connectivity index (χ1v) is 7.06. The van der Waals surface area contributed by atoms with Gasteiger partial charge in [-0.1, -0.05) is 61.5 Å². The molecule has 0 spiro atoms. The van der Waals surface area contributed by atoms with Gasteiger partial charge in [0.1, 0.15) is 0 Å². The largest absolute Gasteiger partial charge is 0.312 e. The standard InChI is InChI=1S/C13H18Cl3N/c1-3-9(4-2)7-17-8-10-11(14)5-6-12(15)13(10)16/h5-6,9,17H,3-4,7-8H2,1-2H3. The third kappa shape index (κ3) is 4.33. The quantitative estimate of drug-likeness (QED) is 0.713. The molecular weight excluding hydrogens is 277 g/mol. The molecule has 1 rings (SSSR count). The van der Waals surface area contributed by atoms with Crippen molar-refractivity contribution in [1.82, 2.24) is 5.32 Å². The Bertz CT molecular complexity index is 362. The summed E-state index contributed by atoms with van der Waals surface area (Å²) in [6.45, 7) is 6.05. The highest BCUT2D eigenvalue weighted by Gasteiger charge is 2.10. The van der Waals surface area contributed by atoms with Crippen LogP contribution in [0.15, 0.2) is 12.1 Å². The number of nitrogens with one attached hydrogen (secondary N) is 1. The van der Waals surface area contributed by atoms with Crippen LogP contribution in [-0.2, 0) is 6.54 Å². The maximum absolute atomic E-state index is 6.13. The van der Waals surface area contributed by atoms with Crippen LogP contribution in [0.1, 0.15) is 32.3 Å². The monoisotopic (exact) mass is 293 g/mol. The van der Waals surface area contributed by atoms with E-state index in [0.717, 1.165) is 12.1 Å². The summed E-state index contributed by atoms with van der Waals surface area (Å²) in [4.78, 5) is 0. The Balaban J connectivity index is 2.60. The smallest absolute Gasteiger partial charge is 0.0652 e. The van der Waals surface area contributed by atoms with Gasteiger partial charge in [-0.3, -0.25) is 0 Å². The molecule has 0 atom stereocenters. The van der Waals surface area contributed by atoms with E-state index < -0.39 is 0 Å². The highest BCUT2D eigenvalue weighted by Crippen LogP contribution is 2.31. The summed E-state index contributed by atoms with van der Waals surface area (Å²) < 4.78 is 0. The molecule has 0 aliphatic heterocycles. The van der Waals surface area contributed by atoms with Gasteiger partial charge in [-0.05, 0) is 24.6 Å². The zero-order valence-electron chi connectivity index (χ0n) is 10.2. The highest BCUT2D eigenvalue weighted by atomic mass is 35.5. The van der Waals surface area contributed by atoms with Crippen molar-refractivity contribution in [3.05, 3.63) is 32.8 Å². The summed E-state index contributed by atoms with van der Waals surface area (Å²) in [5.74, 6) is 0.701. The first-order valence-electron chi connectivity index (χ1n) is 5.93. The molecule has 0 heterocycles.